The maximum atomic E-state index is 12.3. The fourth-order valence-electron chi connectivity index (χ4n) is 2.65. The molecule has 4 nitrogen and oxygen atoms in total. The summed E-state index contributed by atoms with van der Waals surface area (Å²) >= 11 is 0. The molecular formula is C20H27N3O. The van der Waals surface area contributed by atoms with Crippen LogP contribution in [0.4, 0.5) is 17.1 Å². The molecule has 1 amide bonds. The first kappa shape index (κ1) is 17.9. The van der Waals surface area contributed by atoms with Gasteiger partial charge < -0.3 is 15.5 Å². The van der Waals surface area contributed by atoms with E-state index in [1.165, 1.54) is 11.1 Å². The van der Waals surface area contributed by atoms with Crippen LogP contribution in [0.15, 0.2) is 42.5 Å². The largest absolute Gasteiger partial charge is 0.378 e. The zero-order valence-corrected chi connectivity index (χ0v) is 15.0. The molecule has 0 aromatic heterocycles. The van der Waals surface area contributed by atoms with Crippen LogP contribution in [-0.4, -0.2) is 26.5 Å². The summed E-state index contributed by atoms with van der Waals surface area (Å²) < 4.78 is 0. The predicted molar refractivity (Wildman–Crippen MR) is 103 cm³/mol. The summed E-state index contributed by atoms with van der Waals surface area (Å²) in [6.07, 6.45) is 1.81. The van der Waals surface area contributed by atoms with Gasteiger partial charge >= 0.3 is 0 Å². The Morgan fingerprint density at radius 2 is 1.54 bits per heavy atom. The van der Waals surface area contributed by atoms with Crippen molar-refractivity contribution in [1.82, 2.24) is 0 Å². The Labute approximate surface area is 144 Å². The lowest BCUT2D eigenvalue weighted by atomic mass is 10.0. The molecule has 24 heavy (non-hydrogen) atoms. The number of rotatable bonds is 7. The number of carbonyl (C=O) groups excluding carboxylic acids is 1. The van der Waals surface area contributed by atoms with E-state index < -0.39 is 0 Å². The van der Waals surface area contributed by atoms with Gasteiger partial charge in [-0.1, -0.05) is 32.0 Å². The molecule has 0 bridgehead atoms. The van der Waals surface area contributed by atoms with Crippen molar-refractivity contribution >= 4 is 23.0 Å². The Bertz CT molecular complexity index is 656. The monoisotopic (exact) mass is 325 g/mol. The lowest BCUT2D eigenvalue weighted by Gasteiger charge is -2.15. The molecule has 0 aliphatic heterocycles. The van der Waals surface area contributed by atoms with Crippen LogP contribution < -0.4 is 15.5 Å². The van der Waals surface area contributed by atoms with E-state index in [0.717, 1.165) is 29.9 Å². The molecule has 0 aliphatic carbocycles. The second kappa shape index (κ2) is 8.39. The summed E-state index contributed by atoms with van der Waals surface area (Å²) in [6.45, 7) is 4.46. The maximum absolute atomic E-state index is 12.3. The molecule has 4 heteroatoms. The summed E-state index contributed by atoms with van der Waals surface area (Å²) in [6, 6.07) is 14.2. The topological polar surface area (TPSA) is 44.4 Å². The van der Waals surface area contributed by atoms with E-state index >= 15 is 0 Å². The number of nitrogens with zero attached hydrogens (tertiary/aromatic N) is 1. The van der Waals surface area contributed by atoms with Crippen molar-refractivity contribution in [3.05, 3.63) is 53.6 Å². The number of amides is 1. The molecular weight excluding hydrogens is 298 g/mol. The number of nitrogens with one attached hydrogen (secondary N) is 2. The third-order valence-corrected chi connectivity index (χ3v) is 4.10. The van der Waals surface area contributed by atoms with Crippen LogP contribution in [0.1, 0.15) is 25.0 Å². The zero-order valence-electron chi connectivity index (χ0n) is 15.0. The van der Waals surface area contributed by atoms with Crippen molar-refractivity contribution in [3.8, 4) is 0 Å². The summed E-state index contributed by atoms with van der Waals surface area (Å²) in [7, 11) is 4.01. The Balaban J connectivity index is 1.99. The van der Waals surface area contributed by atoms with Crippen LogP contribution in [0.2, 0.25) is 0 Å². The number of para-hydroxylation sites is 1. The van der Waals surface area contributed by atoms with Gasteiger partial charge in [0.2, 0.25) is 5.91 Å². The fourth-order valence-corrected chi connectivity index (χ4v) is 2.65. The van der Waals surface area contributed by atoms with Crippen molar-refractivity contribution in [3.63, 3.8) is 0 Å². The third kappa shape index (κ3) is 4.51. The lowest BCUT2D eigenvalue weighted by molar-refractivity contribution is -0.114. The second-order valence-electron chi connectivity index (χ2n) is 6.00. The standard InChI is InChI=1S/C20H27N3O/c1-5-15-8-7-9-16(6-2)20(15)22-19(24)14-21-17-10-12-18(13-11-17)23(3)4/h7-13,21H,5-6,14H2,1-4H3,(H,22,24). The predicted octanol–water partition coefficient (Wildman–Crippen LogP) is 3.93. The number of benzene rings is 2. The van der Waals surface area contributed by atoms with E-state index in [1.54, 1.807) is 0 Å². The van der Waals surface area contributed by atoms with Gasteiger partial charge in [0, 0.05) is 31.2 Å². The van der Waals surface area contributed by atoms with E-state index in [2.05, 4.69) is 42.7 Å². The minimum absolute atomic E-state index is 0.0257. The van der Waals surface area contributed by atoms with Crippen LogP contribution in [0.25, 0.3) is 0 Å². The lowest BCUT2D eigenvalue weighted by Crippen LogP contribution is -2.23. The molecule has 0 unspecified atom stereocenters. The maximum Gasteiger partial charge on any atom is 0.243 e. The summed E-state index contributed by atoms with van der Waals surface area (Å²) in [5, 5.41) is 6.25. The number of anilines is 3. The van der Waals surface area contributed by atoms with E-state index in [0.29, 0.717) is 0 Å². The van der Waals surface area contributed by atoms with Gasteiger partial charge in [-0.2, -0.15) is 0 Å². The molecule has 0 saturated heterocycles. The summed E-state index contributed by atoms with van der Waals surface area (Å²) in [5.74, 6) is -0.0257. The number of aryl methyl sites for hydroxylation is 2. The third-order valence-electron chi connectivity index (χ3n) is 4.10. The molecule has 0 aliphatic rings. The molecule has 2 rings (SSSR count). The van der Waals surface area contributed by atoms with Crippen LogP contribution >= 0.6 is 0 Å². The average molecular weight is 325 g/mol. The van der Waals surface area contributed by atoms with Crippen molar-refractivity contribution in [2.75, 3.05) is 36.2 Å². The van der Waals surface area contributed by atoms with Gasteiger partial charge in [-0.05, 0) is 48.2 Å². The van der Waals surface area contributed by atoms with Crippen molar-refractivity contribution in [1.29, 1.82) is 0 Å². The molecule has 0 fully saturated rings. The van der Waals surface area contributed by atoms with Crippen LogP contribution in [0.5, 0.6) is 0 Å². The van der Waals surface area contributed by atoms with E-state index in [9.17, 15) is 4.79 Å². The van der Waals surface area contributed by atoms with Crippen molar-refractivity contribution < 1.29 is 4.79 Å². The molecule has 128 valence electrons. The fraction of sp³-hybridized carbons (Fsp3) is 0.350. The molecule has 2 N–H and O–H groups in total. The van der Waals surface area contributed by atoms with Crippen molar-refractivity contribution in [2.45, 2.75) is 26.7 Å². The Morgan fingerprint density at radius 3 is 2.04 bits per heavy atom. The van der Waals surface area contributed by atoms with E-state index in [1.807, 2.05) is 43.3 Å². The smallest absolute Gasteiger partial charge is 0.243 e. The molecule has 2 aromatic carbocycles. The minimum atomic E-state index is -0.0257. The molecule has 0 heterocycles. The molecule has 0 spiro atoms. The normalized spacial score (nSPS) is 10.3. The minimum Gasteiger partial charge on any atom is -0.378 e. The van der Waals surface area contributed by atoms with Gasteiger partial charge in [0.1, 0.15) is 0 Å². The Hall–Kier alpha value is -2.49. The molecule has 0 atom stereocenters. The highest BCUT2D eigenvalue weighted by atomic mass is 16.1. The number of hydrogen-bond donors (Lipinski definition) is 2. The van der Waals surface area contributed by atoms with Gasteiger partial charge in [-0.25, -0.2) is 0 Å². The number of carbonyl (C=O) groups is 1. The molecule has 2 aromatic rings. The van der Waals surface area contributed by atoms with Gasteiger partial charge in [-0.3, -0.25) is 4.79 Å². The first-order chi connectivity index (χ1) is 11.5. The van der Waals surface area contributed by atoms with E-state index in [-0.39, 0.29) is 12.5 Å². The first-order valence-electron chi connectivity index (χ1n) is 8.47. The zero-order chi connectivity index (χ0) is 17.5. The van der Waals surface area contributed by atoms with Gasteiger partial charge in [0.25, 0.3) is 0 Å². The SMILES string of the molecule is CCc1cccc(CC)c1NC(=O)CNc1ccc(N(C)C)cc1. The van der Waals surface area contributed by atoms with Gasteiger partial charge in [0.15, 0.2) is 0 Å². The summed E-state index contributed by atoms with van der Waals surface area (Å²) in [4.78, 5) is 14.4. The highest BCUT2D eigenvalue weighted by Crippen LogP contribution is 2.22. The molecule has 0 saturated carbocycles. The highest BCUT2D eigenvalue weighted by molar-refractivity contribution is 5.95. The molecule has 0 radical (unpaired) electrons. The Kier molecular flexibility index (Phi) is 6.24. The first-order valence-corrected chi connectivity index (χ1v) is 8.47. The van der Waals surface area contributed by atoms with Crippen molar-refractivity contribution in [2.24, 2.45) is 0 Å². The van der Waals surface area contributed by atoms with Crippen LogP contribution in [0.3, 0.4) is 0 Å². The Morgan fingerprint density at radius 1 is 0.958 bits per heavy atom. The summed E-state index contributed by atoms with van der Waals surface area (Å²) in [5.41, 5.74) is 5.40. The van der Waals surface area contributed by atoms with Crippen LogP contribution in [-0.2, 0) is 17.6 Å². The van der Waals surface area contributed by atoms with Crippen LogP contribution in [0, 0.1) is 0 Å². The van der Waals surface area contributed by atoms with E-state index in [4.69, 9.17) is 0 Å². The van der Waals surface area contributed by atoms with Gasteiger partial charge in [-0.15, -0.1) is 0 Å². The highest BCUT2D eigenvalue weighted by Gasteiger charge is 2.10. The quantitative estimate of drug-likeness (QED) is 0.811. The van der Waals surface area contributed by atoms with Gasteiger partial charge in [0.05, 0.1) is 6.54 Å². The second-order valence-corrected chi connectivity index (χ2v) is 6.00. The average Bonchev–Trinajstić information content (AvgIpc) is 2.60. The number of hydrogen-bond acceptors (Lipinski definition) is 3.